The van der Waals surface area contributed by atoms with Gasteiger partial charge in [-0.3, -0.25) is 0 Å². The third-order valence-electron chi connectivity index (χ3n) is 6.46. The Kier molecular flexibility index (Phi) is 3.19. The Morgan fingerprint density at radius 3 is 2.30 bits per heavy atom. The van der Waals surface area contributed by atoms with E-state index in [1.165, 1.54) is 44.9 Å². The molecule has 5 rings (SSSR count). The first-order valence-electron chi connectivity index (χ1n) is 8.74. The van der Waals surface area contributed by atoms with Crippen molar-refractivity contribution < 1.29 is 4.79 Å². The average Bonchev–Trinajstić information content (AvgIpc) is 2.42. The zero-order chi connectivity index (χ0) is 13.7. The number of piperidine rings is 1. The van der Waals surface area contributed by atoms with Gasteiger partial charge in [-0.1, -0.05) is 6.92 Å². The molecule has 4 saturated carbocycles. The van der Waals surface area contributed by atoms with Crippen molar-refractivity contribution in [2.45, 2.75) is 57.9 Å². The van der Waals surface area contributed by atoms with Gasteiger partial charge < -0.3 is 10.2 Å². The topological polar surface area (TPSA) is 32.3 Å². The fourth-order valence-corrected chi connectivity index (χ4v) is 5.77. The van der Waals surface area contributed by atoms with Gasteiger partial charge in [0.15, 0.2) is 0 Å². The Morgan fingerprint density at radius 2 is 1.70 bits per heavy atom. The lowest BCUT2D eigenvalue weighted by atomic mass is 9.54. The molecular weight excluding hydrogens is 248 g/mol. The molecule has 112 valence electrons. The zero-order valence-electron chi connectivity index (χ0n) is 12.7. The Hall–Kier alpha value is -0.730. The van der Waals surface area contributed by atoms with Crippen molar-refractivity contribution in [3.8, 4) is 0 Å². The van der Waals surface area contributed by atoms with E-state index < -0.39 is 0 Å². The van der Waals surface area contributed by atoms with Gasteiger partial charge in [-0.25, -0.2) is 4.79 Å². The fraction of sp³-hybridized carbons (Fsp3) is 0.941. The summed E-state index contributed by atoms with van der Waals surface area (Å²) in [6.45, 7) is 4.19. The number of rotatable bonds is 1. The molecule has 1 heterocycles. The Morgan fingerprint density at radius 1 is 1.05 bits per heavy atom. The second kappa shape index (κ2) is 4.92. The summed E-state index contributed by atoms with van der Waals surface area (Å²) in [5.74, 6) is 4.23. The summed E-state index contributed by atoms with van der Waals surface area (Å²) < 4.78 is 0. The highest BCUT2D eigenvalue weighted by molar-refractivity contribution is 5.74. The molecule has 2 amide bonds. The maximum Gasteiger partial charge on any atom is 0.317 e. The third-order valence-corrected chi connectivity index (χ3v) is 6.46. The van der Waals surface area contributed by atoms with Gasteiger partial charge in [0.05, 0.1) is 0 Å². The van der Waals surface area contributed by atoms with Gasteiger partial charge in [0, 0.05) is 19.1 Å². The van der Waals surface area contributed by atoms with Crippen LogP contribution < -0.4 is 5.32 Å². The van der Waals surface area contributed by atoms with Gasteiger partial charge in [0.1, 0.15) is 0 Å². The number of urea groups is 1. The van der Waals surface area contributed by atoms with Gasteiger partial charge in [-0.2, -0.15) is 0 Å². The van der Waals surface area contributed by atoms with Gasteiger partial charge in [0.25, 0.3) is 0 Å². The number of hydrogen-bond donors (Lipinski definition) is 1. The lowest BCUT2D eigenvalue weighted by molar-refractivity contribution is -0.0114. The summed E-state index contributed by atoms with van der Waals surface area (Å²) in [5, 5.41) is 3.44. The number of nitrogens with zero attached hydrogens (tertiary/aromatic N) is 1. The molecule has 0 spiro atoms. The number of hydrogen-bond acceptors (Lipinski definition) is 1. The average molecular weight is 276 g/mol. The predicted octanol–water partition coefficient (Wildman–Crippen LogP) is 3.25. The standard InChI is InChI=1S/C17H28N2O/c1-11-3-2-4-19(10-11)17(20)18-16-14-6-12-5-13(8-14)9-15(16)7-12/h11-16H,2-10H2,1H3,(H,18,20)/t11-,12?,13?,14?,15?,16?/m0/s1. The number of carbonyl (C=O) groups excluding carboxylic acids is 1. The van der Waals surface area contributed by atoms with Crippen molar-refractivity contribution in [3.63, 3.8) is 0 Å². The van der Waals surface area contributed by atoms with Crippen LogP contribution in [0.1, 0.15) is 51.9 Å². The molecule has 4 bridgehead atoms. The summed E-state index contributed by atoms with van der Waals surface area (Å²) in [4.78, 5) is 14.6. The van der Waals surface area contributed by atoms with Gasteiger partial charge in [-0.15, -0.1) is 0 Å². The van der Waals surface area contributed by atoms with E-state index in [9.17, 15) is 4.79 Å². The first-order chi connectivity index (χ1) is 9.69. The molecule has 0 aromatic carbocycles. The summed E-state index contributed by atoms with van der Waals surface area (Å²) >= 11 is 0. The van der Waals surface area contributed by atoms with Crippen LogP contribution in [0.15, 0.2) is 0 Å². The molecular formula is C17H28N2O. The molecule has 5 fully saturated rings. The quantitative estimate of drug-likeness (QED) is 0.783. The van der Waals surface area contributed by atoms with Crippen LogP contribution in [-0.4, -0.2) is 30.1 Å². The van der Waals surface area contributed by atoms with Crippen LogP contribution in [0.4, 0.5) is 4.79 Å². The number of carbonyl (C=O) groups is 1. The normalized spacial score (nSPS) is 46.5. The molecule has 0 aromatic heterocycles. The van der Waals surface area contributed by atoms with Crippen molar-refractivity contribution in [2.24, 2.45) is 29.6 Å². The Labute approximate surface area is 122 Å². The molecule has 1 aliphatic heterocycles. The summed E-state index contributed by atoms with van der Waals surface area (Å²) in [5.41, 5.74) is 0. The smallest absolute Gasteiger partial charge is 0.317 e. The van der Waals surface area contributed by atoms with Crippen LogP contribution in [-0.2, 0) is 0 Å². The second-order valence-electron chi connectivity index (χ2n) is 8.10. The molecule has 1 saturated heterocycles. The van der Waals surface area contributed by atoms with Gasteiger partial charge in [-0.05, 0) is 74.5 Å². The zero-order valence-corrected chi connectivity index (χ0v) is 12.7. The van der Waals surface area contributed by atoms with Crippen molar-refractivity contribution in [1.29, 1.82) is 0 Å². The third kappa shape index (κ3) is 2.23. The first-order valence-corrected chi connectivity index (χ1v) is 8.74. The van der Waals surface area contributed by atoms with Crippen LogP contribution >= 0.6 is 0 Å². The minimum Gasteiger partial charge on any atom is -0.335 e. The largest absolute Gasteiger partial charge is 0.335 e. The Balaban J connectivity index is 1.40. The van der Waals surface area contributed by atoms with Crippen molar-refractivity contribution in [2.75, 3.05) is 13.1 Å². The SMILES string of the molecule is C[C@H]1CCCN(C(=O)NC2C3CC4CC(C3)CC2C4)C1. The van der Waals surface area contributed by atoms with E-state index in [1.807, 2.05) is 0 Å². The van der Waals surface area contributed by atoms with Gasteiger partial charge in [0.2, 0.25) is 0 Å². The van der Waals surface area contributed by atoms with Gasteiger partial charge >= 0.3 is 6.03 Å². The molecule has 3 nitrogen and oxygen atoms in total. The van der Waals surface area contributed by atoms with Crippen LogP contribution in [0, 0.1) is 29.6 Å². The minimum absolute atomic E-state index is 0.231. The van der Waals surface area contributed by atoms with E-state index in [-0.39, 0.29) is 6.03 Å². The van der Waals surface area contributed by atoms with E-state index in [1.54, 1.807) is 0 Å². The van der Waals surface area contributed by atoms with E-state index in [0.29, 0.717) is 12.0 Å². The maximum absolute atomic E-state index is 12.6. The molecule has 0 radical (unpaired) electrons. The van der Waals surface area contributed by atoms with Crippen molar-refractivity contribution in [1.82, 2.24) is 10.2 Å². The van der Waals surface area contributed by atoms with E-state index in [2.05, 4.69) is 17.1 Å². The monoisotopic (exact) mass is 276 g/mol. The molecule has 1 atom stereocenters. The molecule has 5 aliphatic rings. The minimum atomic E-state index is 0.231. The van der Waals surface area contributed by atoms with Crippen LogP contribution in [0.25, 0.3) is 0 Å². The molecule has 0 unspecified atom stereocenters. The summed E-state index contributed by atoms with van der Waals surface area (Å²) in [6, 6.07) is 0.724. The number of likely N-dealkylation sites (tertiary alicyclic amines) is 1. The number of amides is 2. The van der Waals surface area contributed by atoms with Crippen molar-refractivity contribution >= 4 is 6.03 Å². The highest BCUT2D eigenvalue weighted by atomic mass is 16.2. The van der Waals surface area contributed by atoms with E-state index >= 15 is 0 Å². The fourth-order valence-electron chi connectivity index (χ4n) is 5.77. The highest BCUT2D eigenvalue weighted by Gasteiger charge is 2.48. The van der Waals surface area contributed by atoms with E-state index in [4.69, 9.17) is 0 Å². The van der Waals surface area contributed by atoms with Crippen LogP contribution in [0.3, 0.4) is 0 Å². The summed E-state index contributed by atoms with van der Waals surface area (Å²) in [7, 11) is 0. The molecule has 20 heavy (non-hydrogen) atoms. The summed E-state index contributed by atoms with van der Waals surface area (Å²) in [6.07, 6.45) is 9.47. The maximum atomic E-state index is 12.6. The predicted molar refractivity (Wildman–Crippen MR) is 79.3 cm³/mol. The molecule has 4 aliphatic carbocycles. The van der Waals surface area contributed by atoms with Crippen molar-refractivity contribution in [3.05, 3.63) is 0 Å². The lowest BCUT2D eigenvalue weighted by Gasteiger charge is -2.54. The highest BCUT2D eigenvalue weighted by Crippen LogP contribution is 2.53. The Bertz CT molecular complexity index is 366. The number of nitrogens with one attached hydrogen (secondary N) is 1. The second-order valence-corrected chi connectivity index (χ2v) is 8.10. The molecule has 3 heteroatoms. The van der Waals surface area contributed by atoms with Crippen LogP contribution in [0.5, 0.6) is 0 Å². The van der Waals surface area contributed by atoms with E-state index in [0.717, 1.165) is 36.8 Å². The van der Waals surface area contributed by atoms with Crippen LogP contribution in [0.2, 0.25) is 0 Å². The molecule has 0 aromatic rings. The molecule has 1 N–H and O–H groups in total. The lowest BCUT2D eigenvalue weighted by Crippen LogP contribution is -2.58. The first kappa shape index (κ1) is 13.0.